The molecule has 0 spiro atoms. The highest BCUT2D eigenvalue weighted by atomic mass is 32.2. The lowest BCUT2D eigenvalue weighted by Crippen LogP contribution is -2.15. The van der Waals surface area contributed by atoms with Gasteiger partial charge in [-0.3, -0.25) is 9.36 Å². The Hall–Kier alpha value is -3.58. The number of ether oxygens (including phenoxy) is 1. The molecule has 7 heteroatoms. The molecule has 4 rings (SSSR count). The Bertz CT molecular complexity index is 1270. The Kier molecular flexibility index (Phi) is 7.65. The zero-order valence-corrected chi connectivity index (χ0v) is 20.4. The number of aromatic nitrogens is 3. The number of amides is 1. The Morgan fingerprint density at radius 2 is 1.76 bits per heavy atom. The highest BCUT2D eigenvalue weighted by molar-refractivity contribution is 7.99. The Labute approximate surface area is 204 Å². The second-order valence-corrected chi connectivity index (χ2v) is 8.90. The maximum Gasteiger partial charge on any atom is 0.234 e. The smallest absolute Gasteiger partial charge is 0.234 e. The van der Waals surface area contributed by atoms with Crippen molar-refractivity contribution in [2.45, 2.75) is 32.3 Å². The first-order valence-electron chi connectivity index (χ1n) is 11.3. The van der Waals surface area contributed by atoms with E-state index < -0.39 is 0 Å². The summed E-state index contributed by atoms with van der Waals surface area (Å²) in [6.45, 7) is 6.61. The van der Waals surface area contributed by atoms with E-state index in [1.165, 1.54) is 17.3 Å². The van der Waals surface area contributed by atoms with E-state index >= 15 is 0 Å². The van der Waals surface area contributed by atoms with Gasteiger partial charge < -0.3 is 10.1 Å². The van der Waals surface area contributed by atoms with Crippen molar-refractivity contribution in [3.05, 3.63) is 95.3 Å². The minimum atomic E-state index is -0.128. The molecule has 0 aliphatic carbocycles. The summed E-state index contributed by atoms with van der Waals surface area (Å²) in [5, 5.41) is 12.6. The van der Waals surface area contributed by atoms with Crippen LogP contribution in [0.3, 0.4) is 0 Å². The minimum Gasteiger partial charge on any atom is -0.492 e. The number of aryl methyl sites for hydroxylation is 2. The van der Waals surface area contributed by atoms with Crippen LogP contribution in [-0.2, 0) is 11.2 Å². The van der Waals surface area contributed by atoms with E-state index in [0.29, 0.717) is 29.6 Å². The average Bonchev–Trinajstić information content (AvgIpc) is 3.22. The van der Waals surface area contributed by atoms with Gasteiger partial charge in [-0.25, -0.2) is 0 Å². The number of anilines is 1. The highest BCUT2D eigenvalue weighted by Crippen LogP contribution is 2.27. The molecule has 1 aromatic heterocycles. The zero-order valence-electron chi connectivity index (χ0n) is 19.6. The van der Waals surface area contributed by atoms with Gasteiger partial charge in [0.05, 0.1) is 23.7 Å². The third kappa shape index (κ3) is 5.66. The molecular weight excluding hydrogens is 444 g/mol. The van der Waals surface area contributed by atoms with E-state index in [1.54, 1.807) is 0 Å². The van der Waals surface area contributed by atoms with Gasteiger partial charge in [-0.2, -0.15) is 0 Å². The topological polar surface area (TPSA) is 69.0 Å². The predicted octanol–water partition coefficient (Wildman–Crippen LogP) is 5.60. The van der Waals surface area contributed by atoms with Crippen molar-refractivity contribution in [2.24, 2.45) is 0 Å². The summed E-state index contributed by atoms with van der Waals surface area (Å²) >= 11 is 1.37. The molecule has 3 aromatic carbocycles. The van der Waals surface area contributed by atoms with Crippen LogP contribution in [0, 0.1) is 13.8 Å². The van der Waals surface area contributed by atoms with Crippen LogP contribution in [0.2, 0.25) is 0 Å². The fourth-order valence-corrected chi connectivity index (χ4v) is 4.52. The van der Waals surface area contributed by atoms with E-state index in [2.05, 4.69) is 64.3 Å². The average molecular weight is 473 g/mol. The number of rotatable bonds is 9. The van der Waals surface area contributed by atoms with Crippen molar-refractivity contribution in [1.29, 1.82) is 0 Å². The molecular formula is C27H28N4O2S. The lowest BCUT2D eigenvalue weighted by atomic mass is 10.1. The first-order valence-corrected chi connectivity index (χ1v) is 12.2. The standard InChI is InChI=1S/C27H28N4O2S/c1-4-33-24-13-9-8-12-22(24)28-26(32)18-34-27-30-29-25(17-21-10-6-5-7-11-21)31(27)23-15-14-19(2)16-20(23)3/h5-16H,4,17-18H2,1-3H3,(H,28,32). The number of hydrogen-bond acceptors (Lipinski definition) is 5. The molecule has 0 saturated carbocycles. The fraction of sp³-hybridized carbons (Fsp3) is 0.222. The van der Waals surface area contributed by atoms with Gasteiger partial charge >= 0.3 is 0 Å². The molecule has 1 amide bonds. The van der Waals surface area contributed by atoms with E-state index in [0.717, 1.165) is 22.6 Å². The van der Waals surface area contributed by atoms with Crippen LogP contribution in [0.5, 0.6) is 5.75 Å². The number of nitrogens with one attached hydrogen (secondary N) is 1. The molecule has 6 nitrogen and oxygen atoms in total. The quantitative estimate of drug-likeness (QED) is 0.321. The molecule has 0 unspecified atom stereocenters. The molecule has 1 N–H and O–H groups in total. The summed E-state index contributed by atoms with van der Waals surface area (Å²) in [4.78, 5) is 12.8. The molecule has 0 fully saturated rings. The number of carbonyl (C=O) groups is 1. The summed E-state index contributed by atoms with van der Waals surface area (Å²) in [7, 11) is 0. The minimum absolute atomic E-state index is 0.128. The van der Waals surface area contributed by atoms with E-state index in [-0.39, 0.29) is 11.7 Å². The van der Waals surface area contributed by atoms with Gasteiger partial charge in [-0.1, -0.05) is 71.9 Å². The van der Waals surface area contributed by atoms with Crippen molar-refractivity contribution >= 4 is 23.4 Å². The largest absolute Gasteiger partial charge is 0.492 e. The number of para-hydroxylation sites is 2. The van der Waals surface area contributed by atoms with Crippen molar-refractivity contribution in [3.63, 3.8) is 0 Å². The molecule has 0 saturated heterocycles. The molecule has 0 bridgehead atoms. The molecule has 174 valence electrons. The number of nitrogens with zero attached hydrogens (tertiary/aromatic N) is 3. The van der Waals surface area contributed by atoms with E-state index in [4.69, 9.17) is 4.74 Å². The normalized spacial score (nSPS) is 10.8. The first-order chi connectivity index (χ1) is 16.5. The lowest BCUT2D eigenvalue weighted by molar-refractivity contribution is -0.113. The lowest BCUT2D eigenvalue weighted by Gasteiger charge is -2.14. The van der Waals surface area contributed by atoms with Crippen LogP contribution in [0.1, 0.15) is 29.4 Å². The first kappa shape index (κ1) is 23.6. The summed E-state index contributed by atoms with van der Waals surface area (Å²) in [5.41, 5.74) is 5.16. The van der Waals surface area contributed by atoms with Gasteiger partial charge in [-0.15, -0.1) is 10.2 Å². The van der Waals surface area contributed by atoms with Gasteiger partial charge in [0, 0.05) is 6.42 Å². The van der Waals surface area contributed by atoms with Crippen LogP contribution < -0.4 is 10.1 Å². The number of benzene rings is 3. The molecule has 34 heavy (non-hydrogen) atoms. The summed E-state index contributed by atoms with van der Waals surface area (Å²) in [6, 6.07) is 24.0. The van der Waals surface area contributed by atoms with Gasteiger partial charge in [0.25, 0.3) is 0 Å². The van der Waals surface area contributed by atoms with Gasteiger partial charge in [0.1, 0.15) is 11.6 Å². The van der Waals surface area contributed by atoms with Gasteiger partial charge in [0.2, 0.25) is 5.91 Å². The number of hydrogen-bond donors (Lipinski definition) is 1. The van der Waals surface area contributed by atoms with Crippen molar-refractivity contribution in [2.75, 3.05) is 17.7 Å². The molecule has 0 aliphatic heterocycles. The van der Waals surface area contributed by atoms with Crippen LogP contribution in [-0.4, -0.2) is 33.0 Å². The van der Waals surface area contributed by atoms with Crippen molar-refractivity contribution in [1.82, 2.24) is 14.8 Å². The number of thioether (sulfide) groups is 1. The molecule has 0 atom stereocenters. The summed E-state index contributed by atoms with van der Waals surface area (Å²) in [6.07, 6.45) is 0.648. The molecule has 4 aromatic rings. The predicted molar refractivity (Wildman–Crippen MR) is 137 cm³/mol. The maximum absolute atomic E-state index is 12.8. The fourth-order valence-electron chi connectivity index (χ4n) is 3.75. The third-order valence-electron chi connectivity index (χ3n) is 5.29. The Morgan fingerprint density at radius 1 is 1.00 bits per heavy atom. The maximum atomic E-state index is 12.8. The van der Waals surface area contributed by atoms with Crippen LogP contribution in [0.25, 0.3) is 5.69 Å². The van der Waals surface area contributed by atoms with Gasteiger partial charge in [-0.05, 0) is 50.1 Å². The Morgan fingerprint density at radius 3 is 2.53 bits per heavy atom. The monoisotopic (exact) mass is 472 g/mol. The summed E-state index contributed by atoms with van der Waals surface area (Å²) < 4.78 is 7.68. The van der Waals surface area contributed by atoms with Crippen molar-refractivity contribution in [3.8, 4) is 11.4 Å². The van der Waals surface area contributed by atoms with Crippen molar-refractivity contribution < 1.29 is 9.53 Å². The highest BCUT2D eigenvalue weighted by Gasteiger charge is 2.18. The molecule has 0 radical (unpaired) electrons. The van der Waals surface area contributed by atoms with Crippen LogP contribution in [0.15, 0.2) is 78.0 Å². The second-order valence-electron chi connectivity index (χ2n) is 7.95. The second kappa shape index (κ2) is 11.0. The molecule has 0 aliphatic rings. The zero-order chi connectivity index (χ0) is 23.9. The van der Waals surface area contributed by atoms with E-state index in [9.17, 15) is 4.79 Å². The number of carbonyl (C=O) groups excluding carboxylic acids is 1. The summed E-state index contributed by atoms with van der Waals surface area (Å²) in [5.74, 6) is 1.57. The van der Waals surface area contributed by atoms with Crippen LogP contribution >= 0.6 is 11.8 Å². The molecule has 1 heterocycles. The third-order valence-corrected chi connectivity index (χ3v) is 6.22. The van der Waals surface area contributed by atoms with Crippen LogP contribution in [0.4, 0.5) is 5.69 Å². The SMILES string of the molecule is CCOc1ccccc1NC(=O)CSc1nnc(Cc2ccccc2)n1-c1ccc(C)cc1C. The van der Waals surface area contributed by atoms with Gasteiger partial charge in [0.15, 0.2) is 5.16 Å². The van der Waals surface area contributed by atoms with E-state index in [1.807, 2.05) is 49.4 Å². The Balaban J connectivity index is 1.57.